The minimum Gasteiger partial charge on any atom is -0.378 e. The van der Waals surface area contributed by atoms with E-state index in [0.717, 1.165) is 47.4 Å². The Morgan fingerprint density at radius 1 is 1.00 bits per heavy atom. The zero-order valence-corrected chi connectivity index (χ0v) is 14.0. The number of aromatic nitrogens is 2. The lowest BCUT2D eigenvalue weighted by Gasteiger charge is -2.29. The van der Waals surface area contributed by atoms with Gasteiger partial charge in [-0.3, -0.25) is 0 Å². The number of thiol groups is 1. The topological polar surface area (TPSA) is 51.4 Å². The maximum atomic E-state index is 6.08. The Kier molecular flexibility index (Phi) is 5.38. The number of hydrogen-bond donors (Lipinski definition) is 1. The molecule has 0 radical (unpaired) electrons. The SMILES string of the molecule is Clc1ccccc1N1CCOCC1.Sc1cccc2nonc12. The van der Waals surface area contributed by atoms with Crippen LogP contribution in [0.5, 0.6) is 0 Å². The van der Waals surface area contributed by atoms with Crippen LogP contribution in [0.25, 0.3) is 11.0 Å². The molecular formula is C16H16ClN3O2S. The first kappa shape index (κ1) is 16.1. The zero-order valence-electron chi connectivity index (χ0n) is 12.4. The van der Waals surface area contributed by atoms with Crippen LogP contribution in [0.4, 0.5) is 5.69 Å². The molecule has 0 spiro atoms. The van der Waals surface area contributed by atoms with Crippen LogP contribution in [0.1, 0.15) is 0 Å². The Labute approximate surface area is 144 Å². The molecule has 23 heavy (non-hydrogen) atoms. The van der Waals surface area contributed by atoms with Crippen molar-refractivity contribution in [3.63, 3.8) is 0 Å². The predicted molar refractivity (Wildman–Crippen MR) is 93.5 cm³/mol. The van der Waals surface area contributed by atoms with E-state index in [-0.39, 0.29) is 0 Å². The van der Waals surface area contributed by atoms with Gasteiger partial charge in [0.05, 0.1) is 23.9 Å². The molecule has 0 unspecified atom stereocenters. The molecule has 1 aliphatic rings. The number of fused-ring (bicyclic) bond motifs is 1. The molecule has 2 aromatic carbocycles. The molecular weight excluding hydrogens is 334 g/mol. The maximum Gasteiger partial charge on any atom is 0.148 e. The zero-order chi connectivity index (χ0) is 16.1. The van der Waals surface area contributed by atoms with Crippen molar-refractivity contribution < 1.29 is 9.37 Å². The normalized spacial score (nSPS) is 14.4. The molecule has 0 aliphatic carbocycles. The van der Waals surface area contributed by atoms with Gasteiger partial charge in [-0.1, -0.05) is 29.8 Å². The van der Waals surface area contributed by atoms with Crippen molar-refractivity contribution in [1.29, 1.82) is 0 Å². The average Bonchev–Trinajstić information content (AvgIpc) is 3.07. The smallest absolute Gasteiger partial charge is 0.148 e. The molecule has 1 aliphatic heterocycles. The van der Waals surface area contributed by atoms with Gasteiger partial charge in [-0.25, -0.2) is 4.63 Å². The summed E-state index contributed by atoms with van der Waals surface area (Å²) in [5, 5.41) is 8.12. The second-order valence-corrected chi connectivity index (χ2v) is 5.85. The number of hydrogen-bond acceptors (Lipinski definition) is 6. The van der Waals surface area contributed by atoms with Crippen LogP contribution in [0.3, 0.4) is 0 Å². The molecule has 1 fully saturated rings. The van der Waals surface area contributed by atoms with Crippen molar-refractivity contribution in [2.75, 3.05) is 31.2 Å². The summed E-state index contributed by atoms with van der Waals surface area (Å²) >= 11 is 10.2. The lowest BCUT2D eigenvalue weighted by Crippen LogP contribution is -2.36. The van der Waals surface area contributed by atoms with E-state index < -0.39 is 0 Å². The first-order valence-electron chi connectivity index (χ1n) is 7.23. The number of nitrogens with zero attached hydrogens (tertiary/aromatic N) is 3. The summed E-state index contributed by atoms with van der Waals surface area (Å²) in [6.45, 7) is 3.46. The van der Waals surface area contributed by atoms with E-state index in [4.69, 9.17) is 16.3 Å². The lowest BCUT2D eigenvalue weighted by atomic mass is 10.2. The fourth-order valence-corrected chi connectivity index (χ4v) is 2.80. The Bertz CT molecular complexity index is 775. The predicted octanol–water partition coefficient (Wildman–Crippen LogP) is 3.69. The van der Waals surface area contributed by atoms with Crippen LogP contribution in [0.15, 0.2) is 52.0 Å². The third-order valence-corrected chi connectivity index (χ3v) is 4.15. The molecule has 0 atom stereocenters. The first-order valence-corrected chi connectivity index (χ1v) is 8.05. The van der Waals surface area contributed by atoms with Crippen molar-refractivity contribution >= 4 is 41.0 Å². The number of anilines is 1. The fraction of sp³-hybridized carbons (Fsp3) is 0.250. The summed E-state index contributed by atoms with van der Waals surface area (Å²) in [7, 11) is 0. The van der Waals surface area contributed by atoms with E-state index in [9.17, 15) is 0 Å². The molecule has 3 aromatic rings. The van der Waals surface area contributed by atoms with Crippen molar-refractivity contribution in [2.45, 2.75) is 4.90 Å². The highest BCUT2D eigenvalue weighted by Gasteiger charge is 2.12. The number of halogens is 1. The average molecular weight is 350 g/mol. The van der Waals surface area contributed by atoms with Gasteiger partial charge in [0.1, 0.15) is 11.0 Å². The van der Waals surface area contributed by atoms with Crippen LogP contribution in [-0.2, 0) is 4.74 Å². The number of ether oxygens (including phenoxy) is 1. The van der Waals surface area contributed by atoms with E-state index in [1.54, 1.807) is 0 Å². The Morgan fingerprint density at radius 3 is 2.52 bits per heavy atom. The molecule has 1 saturated heterocycles. The van der Waals surface area contributed by atoms with Gasteiger partial charge in [0.15, 0.2) is 0 Å². The Balaban J connectivity index is 0.000000140. The van der Waals surface area contributed by atoms with Crippen LogP contribution >= 0.6 is 24.2 Å². The molecule has 0 N–H and O–H groups in total. The van der Waals surface area contributed by atoms with Gasteiger partial charge < -0.3 is 9.64 Å². The molecule has 0 saturated carbocycles. The van der Waals surface area contributed by atoms with Gasteiger partial charge in [0, 0.05) is 18.0 Å². The number of benzene rings is 2. The van der Waals surface area contributed by atoms with Crippen molar-refractivity contribution in [2.24, 2.45) is 0 Å². The standard InChI is InChI=1S/C10H12ClNO.C6H4N2OS/c11-9-3-1-2-4-10(9)12-5-7-13-8-6-12;10-5-3-1-2-4-6(5)8-9-7-4/h1-4H,5-8H2;1-3,10H. The van der Waals surface area contributed by atoms with Gasteiger partial charge in [0.2, 0.25) is 0 Å². The van der Waals surface area contributed by atoms with Gasteiger partial charge in [-0.05, 0) is 34.6 Å². The van der Waals surface area contributed by atoms with E-state index in [1.807, 2.05) is 42.5 Å². The Morgan fingerprint density at radius 2 is 1.78 bits per heavy atom. The lowest BCUT2D eigenvalue weighted by molar-refractivity contribution is 0.122. The largest absolute Gasteiger partial charge is 0.378 e. The molecule has 120 valence electrons. The summed E-state index contributed by atoms with van der Waals surface area (Å²) in [5.74, 6) is 0. The number of para-hydroxylation sites is 1. The van der Waals surface area contributed by atoms with Gasteiger partial charge in [-0.2, -0.15) is 0 Å². The maximum absolute atomic E-state index is 6.08. The summed E-state index contributed by atoms with van der Waals surface area (Å²) in [6, 6.07) is 13.5. The highest BCUT2D eigenvalue weighted by molar-refractivity contribution is 7.80. The molecule has 0 bridgehead atoms. The van der Waals surface area contributed by atoms with Crippen LogP contribution in [-0.4, -0.2) is 36.6 Å². The van der Waals surface area contributed by atoms with E-state index in [1.165, 1.54) is 0 Å². The number of morpholine rings is 1. The van der Waals surface area contributed by atoms with Crippen molar-refractivity contribution in [1.82, 2.24) is 10.3 Å². The second-order valence-electron chi connectivity index (χ2n) is 4.96. The van der Waals surface area contributed by atoms with E-state index in [2.05, 4.69) is 32.5 Å². The summed E-state index contributed by atoms with van der Waals surface area (Å²) < 4.78 is 9.77. The highest BCUT2D eigenvalue weighted by atomic mass is 35.5. The highest BCUT2D eigenvalue weighted by Crippen LogP contribution is 2.25. The molecule has 0 amide bonds. The van der Waals surface area contributed by atoms with Crippen molar-refractivity contribution in [3.8, 4) is 0 Å². The van der Waals surface area contributed by atoms with Gasteiger partial charge >= 0.3 is 0 Å². The van der Waals surface area contributed by atoms with Crippen molar-refractivity contribution in [3.05, 3.63) is 47.5 Å². The van der Waals surface area contributed by atoms with Crippen LogP contribution in [0.2, 0.25) is 5.02 Å². The molecule has 1 aromatic heterocycles. The number of rotatable bonds is 1. The van der Waals surface area contributed by atoms with Crippen LogP contribution < -0.4 is 4.90 Å². The fourth-order valence-electron chi connectivity index (χ4n) is 2.30. The first-order chi connectivity index (χ1) is 11.3. The van der Waals surface area contributed by atoms with E-state index >= 15 is 0 Å². The molecule has 2 heterocycles. The minimum absolute atomic E-state index is 0.714. The quantitative estimate of drug-likeness (QED) is 0.679. The van der Waals surface area contributed by atoms with E-state index in [0.29, 0.717) is 5.52 Å². The van der Waals surface area contributed by atoms with Gasteiger partial charge in [-0.15, -0.1) is 12.6 Å². The minimum atomic E-state index is 0.714. The summed E-state index contributed by atoms with van der Waals surface area (Å²) in [5.41, 5.74) is 2.57. The Hall–Kier alpha value is -1.76. The molecule has 7 heteroatoms. The third kappa shape index (κ3) is 3.96. The molecule has 4 rings (SSSR count). The third-order valence-electron chi connectivity index (χ3n) is 3.47. The monoisotopic (exact) mass is 349 g/mol. The molecule has 5 nitrogen and oxygen atoms in total. The van der Waals surface area contributed by atoms with Gasteiger partial charge in [0.25, 0.3) is 0 Å². The summed E-state index contributed by atoms with van der Waals surface area (Å²) in [4.78, 5) is 3.05. The summed E-state index contributed by atoms with van der Waals surface area (Å²) in [6.07, 6.45) is 0. The second kappa shape index (κ2) is 7.68. The van der Waals surface area contributed by atoms with Crippen LogP contribution in [0, 0.1) is 0 Å².